The number of para-hydroxylation sites is 1. The van der Waals surface area contributed by atoms with E-state index < -0.39 is 0 Å². The van der Waals surface area contributed by atoms with Gasteiger partial charge in [-0.3, -0.25) is 4.98 Å². The Labute approximate surface area is 230 Å². The number of hydrogen-bond acceptors (Lipinski definition) is 7. The third-order valence-electron chi connectivity index (χ3n) is 8.40. The Morgan fingerprint density at radius 1 is 0.842 bits per heavy atom. The van der Waals surface area contributed by atoms with Crippen LogP contribution in [0.3, 0.4) is 0 Å². The van der Waals surface area contributed by atoms with E-state index in [0.29, 0.717) is 6.04 Å². The molecule has 2 aliphatic heterocycles. The number of rotatable bonds is 7. The van der Waals surface area contributed by atoms with Crippen molar-refractivity contribution in [3.05, 3.63) is 78.6 Å². The maximum Gasteiger partial charge on any atom is 0.186 e. The van der Waals surface area contributed by atoms with Crippen LogP contribution in [0, 0.1) is 0 Å². The molecule has 0 saturated carbocycles. The number of hydrogen-bond donors (Lipinski definition) is 0. The normalized spacial score (nSPS) is 18.2. The van der Waals surface area contributed by atoms with E-state index in [1.807, 2.05) is 35.9 Å². The lowest BCUT2D eigenvalue weighted by atomic mass is 9.97. The van der Waals surface area contributed by atoms with Gasteiger partial charge < -0.3 is 19.6 Å². The highest BCUT2D eigenvalue weighted by atomic mass is 32.1. The van der Waals surface area contributed by atoms with Gasteiger partial charge in [-0.2, -0.15) is 0 Å². The molecular weight excluding hydrogens is 488 g/mol. The van der Waals surface area contributed by atoms with E-state index in [2.05, 4.69) is 87.2 Å². The molecule has 0 amide bonds. The summed E-state index contributed by atoms with van der Waals surface area (Å²) in [5.74, 6) is 0. The van der Waals surface area contributed by atoms with Crippen molar-refractivity contribution < 1.29 is 0 Å². The van der Waals surface area contributed by atoms with E-state index in [4.69, 9.17) is 4.98 Å². The van der Waals surface area contributed by atoms with Gasteiger partial charge in [-0.05, 0) is 87.8 Å². The van der Waals surface area contributed by atoms with Crippen molar-refractivity contribution in [2.75, 3.05) is 50.1 Å². The first kappa shape index (κ1) is 25.3. The molecule has 7 heteroatoms. The molecule has 2 aromatic carbocycles. The molecule has 0 N–H and O–H groups in total. The second-order valence-corrected chi connectivity index (χ2v) is 11.8. The number of thiazole rings is 1. The molecular formula is C31H38N6S. The molecule has 0 unspecified atom stereocenters. The summed E-state index contributed by atoms with van der Waals surface area (Å²) in [5.41, 5.74) is 4.75. The Morgan fingerprint density at radius 3 is 2.24 bits per heavy atom. The van der Waals surface area contributed by atoms with Gasteiger partial charge in [-0.25, -0.2) is 4.98 Å². The molecule has 38 heavy (non-hydrogen) atoms. The number of pyridine rings is 1. The fourth-order valence-corrected chi connectivity index (χ4v) is 7.03. The van der Waals surface area contributed by atoms with Gasteiger partial charge in [0, 0.05) is 62.5 Å². The summed E-state index contributed by atoms with van der Waals surface area (Å²) >= 11 is 1.83. The second kappa shape index (κ2) is 11.4. The van der Waals surface area contributed by atoms with Crippen molar-refractivity contribution in [3.63, 3.8) is 0 Å². The quantitative estimate of drug-likeness (QED) is 0.293. The SMILES string of the molecule is CN1CCC(N2CCC(N(Cc3ccc(N(C)c4ccncc4)cc3)c3nc4ccccc4s3)CC2)CC1. The predicted molar refractivity (Wildman–Crippen MR) is 160 cm³/mol. The highest BCUT2D eigenvalue weighted by molar-refractivity contribution is 7.22. The highest BCUT2D eigenvalue weighted by Gasteiger charge is 2.31. The zero-order valence-corrected chi connectivity index (χ0v) is 23.4. The van der Waals surface area contributed by atoms with E-state index in [0.717, 1.165) is 28.9 Å². The van der Waals surface area contributed by atoms with Gasteiger partial charge in [0.15, 0.2) is 5.13 Å². The fraction of sp³-hybridized carbons (Fsp3) is 0.419. The molecule has 6 rings (SSSR count). The summed E-state index contributed by atoms with van der Waals surface area (Å²) in [4.78, 5) is 19.3. The van der Waals surface area contributed by atoms with Crippen LogP contribution in [0.2, 0.25) is 0 Å². The minimum Gasteiger partial charge on any atom is -0.345 e. The van der Waals surface area contributed by atoms with Crippen LogP contribution in [0.1, 0.15) is 31.2 Å². The maximum atomic E-state index is 5.10. The molecule has 0 aliphatic carbocycles. The Morgan fingerprint density at radius 2 is 1.53 bits per heavy atom. The van der Waals surface area contributed by atoms with Crippen LogP contribution < -0.4 is 9.80 Å². The molecule has 2 fully saturated rings. The van der Waals surface area contributed by atoms with E-state index >= 15 is 0 Å². The van der Waals surface area contributed by atoms with Crippen LogP contribution in [-0.2, 0) is 6.54 Å². The number of aromatic nitrogens is 2. The van der Waals surface area contributed by atoms with Crippen LogP contribution in [0.4, 0.5) is 16.5 Å². The molecule has 4 heterocycles. The first-order valence-electron chi connectivity index (χ1n) is 13.9. The molecule has 0 radical (unpaired) electrons. The highest BCUT2D eigenvalue weighted by Crippen LogP contribution is 2.34. The Kier molecular flexibility index (Phi) is 7.58. The maximum absolute atomic E-state index is 5.10. The van der Waals surface area contributed by atoms with Gasteiger partial charge in [0.25, 0.3) is 0 Å². The first-order chi connectivity index (χ1) is 18.6. The van der Waals surface area contributed by atoms with E-state index in [1.54, 1.807) is 0 Å². The van der Waals surface area contributed by atoms with Crippen molar-refractivity contribution in [2.45, 2.75) is 44.3 Å². The van der Waals surface area contributed by atoms with Crippen molar-refractivity contribution in [2.24, 2.45) is 0 Å². The second-order valence-electron chi connectivity index (χ2n) is 10.8. The minimum absolute atomic E-state index is 0.511. The number of fused-ring (bicyclic) bond motifs is 1. The smallest absolute Gasteiger partial charge is 0.186 e. The molecule has 0 atom stereocenters. The summed E-state index contributed by atoms with van der Waals surface area (Å²) in [5, 5.41) is 1.15. The van der Waals surface area contributed by atoms with Crippen LogP contribution in [0.25, 0.3) is 10.2 Å². The monoisotopic (exact) mass is 526 g/mol. The Bertz CT molecular complexity index is 1270. The molecule has 2 aliphatic rings. The van der Waals surface area contributed by atoms with Gasteiger partial charge in [0.1, 0.15) is 0 Å². The average Bonchev–Trinajstić information content (AvgIpc) is 3.41. The number of nitrogens with zero attached hydrogens (tertiary/aromatic N) is 6. The van der Waals surface area contributed by atoms with Gasteiger partial charge >= 0.3 is 0 Å². The summed E-state index contributed by atoms with van der Waals surface area (Å²) < 4.78 is 1.27. The first-order valence-corrected chi connectivity index (χ1v) is 14.7. The van der Waals surface area contributed by atoms with E-state index in [1.165, 1.54) is 67.8 Å². The number of piperidine rings is 2. The minimum atomic E-state index is 0.511. The molecule has 0 bridgehead atoms. The van der Waals surface area contributed by atoms with Crippen molar-refractivity contribution in [3.8, 4) is 0 Å². The summed E-state index contributed by atoms with van der Waals surface area (Å²) in [7, 11) is 4.36. The molecule has 6 nitrogen and oxygen atoms in total. The third kappa shape index (κ3) is 5.55. The summed E-state index contributed by atoms with van der Waals surface area (Å²) in [6, 6.07) is 22.9. The number of anilines is 3. The van der Waals surface area contributed by atoms with E-state index in [-0.39, 0.29) is 0 Å². The molecule has 4 aromatic rings. The van der Waals surface area contributed by atoms with Gasteiger partial charge in [-0.1, -0.05) is 35.6 Å². The summed E-state index contributed by atoms with van der Waals surface area (Å²) in [6.07, 6.45) is 8.70. The van der Waals surface area contributed by atoms with Crippen molar-refractivity contribution in [1.82, 2.24) is 19.8 Å². The molecule has 2 saturated heterocycles. The fourth-order valence-electron chi connectivity index (χ4n) is 6.00. The van der Waals surface area contributed by atoms with Gasteiger partial charge in [-0.15, -0.1) is 0 Å². The zero-order chi connectivity index (χ0) is 25.9. The number of benzene rings is 2. The third-order valence-corrected chi connectivity index (χ3v) is 9.47. The predicted octanol–water partition coefficient (Wildman–Crippen LogP) is 6.02. The van der Waals surface area contributed by atoms with Crippen LogP contribution in [0.15, 0.2) is 73.1 Å². The summed E-state index contributed by atoms with van der Waals surface area (Å²) in [6.45, 7) is 5.73. The molecule has 0 spiro atoms. The van der Waals surface area contributed by atoms with Gasteiger partial charge in [0.2, 0.25) is 0 Å². The standard InChI is InChI=1S/C31H38N6S/c1-34-19-13-27(14-20-34)36-21-15-28(16-22-36)37(31-33-29-5-3-4-6-30(29)38-31)23-24-7-9-25(10-8-24)35(2)26-11-17-32-18-12-26/h3-12,17-18,27-28H,13-16,19-23H2,1-2H3. The lowest BCUT2D eigenvalue weighted by Gasteiger charge is -2.43. The average molecular weight is 527 g/mol. The van der Waals surface area contributed by atoms with Crippen LogP contribution in [-0.4, -0.2) is 72.1 Å². The number of likely N-dealkylation sites (tertiary alicyclic amines) is 2. The molecule has 2 aromatic heterocycles. The Hall–Kier alpha value is -3.00. The van der Waals surface area contributed by atoms with Crippen molar-refractivity contribution in [1.29, 1.82) is 0 Å². The lowest BCUT2D eigenvalue weighted by molar-refractivity contribution is 0.0959. The van der Waals surface area contributed by atoms with Crippen LogP contribution >= 0.6 is 11.3 Å². The largest absolute Gasteiger partial charge is 0.345 e. The zero-order valence-electron chi connectivity index (χ0n) is 22.5. The van der Waals surface area contributed by atoms with Crippen molar-refractivity contribution >= 4 is 38.1 Å². The van der Waals surface area contributed by atoms with Gasteiger partial charge in [0.05, 0.1) is 10.2 Å². The Balaban J connectivity index is 1.19. The molecule has 198 valence electrons. The topological polar surface area (TPSA) is 38.7 Å². The van der Waals surface area contributed by atoms with Crippen LogP contribution in [0.5, 0.6) is 0 Å². The lowest BCUT2D eigenvalue weighted by Crippen LogP contribution is -2.50. The van der Waals surface area contributed by atoms with E-state index in [9.17, 15) is 0 Å².